The molecule has 3 aromatic heterocycles. The number of fused-ring (bicyclic) bond motifs is 1. The molecule has 0 atom stereocenters. The Morgan fingerprint density at radius 3 is 2.69 bits per heavy atom. The molecule has 0 unspecified atom stereocenters. The van der Waals surface area contributed by atoms with Crippen LogP contribution in [0.25, 0.3) is 11.1 Å². The Morgan fingerprint density at radius 1 is 1.31 bits per heavy atom. The van der Waals surface area contributed by atoms with Crippen LogP contribution < -0.4 is 0 Å². The fraction of sp³-hybridized carbons (Fsp3) is 0.250. The summed E-state index contributed by atoms with van der Waals surface area (Å²) in [5.41, 5.74) is 1.45. The number of aliphatic carboxylic acids is 1. The minimum atomic E-state index is -4.09. The Balaban J connectivity index is 2.02. The summed E-state index contributed by atoms with van der Waals surface area (Å²) in [6, 6.07) is 4.66. The molecule has 0 amide bonds. The number of aromatic nitrogens is 3. The molecule has 0 radical (unpaired) electrons. The van der Waals surface area contributed by atoms with E-state index in [1.54, 1.807) is 12.1 Å². The van der Waals surface area contributed by atoms with Crippen LogP contribution in [-0.4, -0.2) is 45.5 Å². The molecule has 0 fully saturated rings. The van der Waals surface area contributed by atoms with Gasteiger partial charge in [0.1, 0.15) is 11.4 Å². The molecular formula is C16H16N4O5S. The van der Waals surface area contributed by atoms with Gasteiger partial charge in [-0.25, -0.2) is 13.4 Å². The van der Waals surface area contributed by atoms with Crippen molar-refractivity contribution in [2.75, 3.05) is 6.54 Å². The molecule has 0 aliphatic carbocycles. The molecule has 0 spiro atoms. The number of hydrogen-bond acceptors (Lipinski definition) is 7. The minimum Gasteiger partial charge on any atom is -0.480 e. The van der Waals surface area contributed by atoms with Gasteiger partial charge in [0.05, 0.1) is 17.3 Å². The van der Waals surface area contributed by atoms with E-state index in [-0.39, 0.29) is 17.2 Å². The van der Waals surface area contributed by atoms with Crippen molar-refractivity contribution in [2.45, 2.75) is 24.8 Å². The molecule has 3 aromatic rings. The van der Waals surface area contributed by atoms with Crippen molar-refractivity contribution in [3.63, 3.8) is 0 Å². The molecule has 3 heterocycles. The van der Waals surface area contributed by atoms with Gasteiger partial charge in [-0.05, 0) is 30.2 Å². The summed E-state index contributed by atoms with van der Waals surface area (Å²) < 4.78 is 31.9. The first-order valence-electron chi connectivity index (χ1n) is 7.77. The second-order valence-electron chi connectivity index (χ2n) is 5.53. The van der Waals surface area contributed by atoms with Crippen molar-refractivity contribution in [3.05, 3.63) is 48.0 Å². The number of pyridine rings is 2. The third-order valence-electron chi connectivity index (χ3n) is 3.77. The highest BCUT2D eigenvalue weighted by Gasteiger charge is 2.28. The zero-order valence-corrected chi connectivity index (χ0v) is 14.7. The molecule has 0 aromatic carbocycles. The average molecular weight is 376 g/mol. The first-order chi connectivity index (χ1) is 12.4. The first kappa shape index (κ1) is 18.0. The highest BCUT2D eigenvalue weighted by molar-refractivity contribution is 7.89. The number of carbonyl (C=O) groups is 1. The van der Waals surface area contributed by atoms with Crippen molar-refractivity contribution in [3.8, 4) is 0 Å². The maximum Gasteiger partial charge on any atom is 0.318 e. The molecule has 0 saturated heterocycles. The number of carboxylic acid groups (broad SMARTS) is 1. The summed E-state index contributed by atoms with van der Waals surface area (Å²) >= 11 is 0. The van der Waals surface area contributed by atoms with Crippen LogP contribution >= 0.6 is 0 Å². The lowest BCUT2D eigenvalue weighted by Gasteiger charge is -2.20. The lowest BCUT2D eigenvalue weighted by atomic mass is 10.2. The quantitative estimate of drug-likeness (QED) is 0.656. The summed E-state index contributed by atoms with van der Waals surface area (Å²) in [4.78, 5) is 18.9. The summed E-state index contributed by atoms with van der Waals surface area (Å²) in [6.07, 6.45) is 4.72. The maximum absolute atomic E-state index is 13.0. The minimum absolute atomic E-state index is 0.0978. The van der Waals surface area contributed by atoms with Crippen molar-refractivity contribution in [1.29, 1.82) is 0 Å². The topological polar surface area (TPSA) is 126 Å². The van der Waals surface area contributed by atoms with Crippen molar-refractivity contribution < 1.29 is 22.8 Å². The Hall–Kier alpha value is -2.85. The van der Waals surface area contributed by atoms with E-state index in [0.29, 0.717) is 23.1 Å². The van der Waals surface area contributed by atoms with E-state index in [1.807, 2.05) is 6.92 Å². The maximum atomic E-state index is 13.0. The zero-order valence-electron chi connectivity index (χ0n) is 13.9. The van der Waals surface area contributed by atoms with E-state index in [4.69, 9.17) is 9.63 Å². The smallest absolute Gasteiger partial charge is 0.318 e. The molecule has 0 bridgehead atoms. The lowest BCUT2D eigenvalue weighted by molar-refractivity contribution is -0.137. The molecule has 1 N–H and O–H groups in total. The van der Waals surface area contributed by atoms with Crippen LogP contribution in [0.4, 0.5) is 0 Å². The predicted octanol–water partition coefficient (Wildman–Crippen LogP) is 1.46. The Morgan fingerprint density at radius 2 is 2.04 bits per heavy atom. The molecule has 136 valence electrons. The number of carboxylic acids is 1. The summed E-state index contributed by atoms with van der Waals surface area (Å²) in [5, 5.41) is 13.5. The van der Waals surface area contributed by atoms with Crippen molar-refractivity contribution in [1.82, 2.24) is 19.4 Å². The van der Waals surface area contributed by atoms with Gasteiger partial charge in [0, 0.05) is 18.9 Å². The zero-order chi connectivity index (χ0) is 18.7. The van der Waals surface area contributed by atoms with E-state index in [2.05, 4.69) is 15.1 Å². The van der Waals surface area contributed by atoms with Crippen LogP contribution in [0, 0.1) is 0 Å². The fourth-order valence-electron chi connectivity index (χ4n) is 2.47. The van der Waals surface area contributed by atoms with E-state index in [0.717, 1.165) is 10.5 Å². The SMILES string of the molecule is CCc1noc2ncc(S(=O)(=O)N(CC(=O)O)Cc3ccncc3)cc12. The van der Waals surface area contributed by atoms with E-state index in [9.17, 15) is 13.2 Å². The van der Waals surface area contributed by atoms with Crippen LogP contribution in [0.2, 0.25) is 0 Å². The summed E-state index contributed by atoms with van der Waals surface area (Å²) in [7, 11) is -4.09. The normalized spacial score (nSPS) is 11.9. The largest absolute Gasteiger partial charge is 0.480 e. The Bertz CT molecular complexity index is 1030. The van der Waals surface area contributed by atoms with Gasteiger partial charge in [-0.1, -0.05) is 12.1 Å². The highest BCUT2D eigenvalue weighted by atomic mass is 32.2. The van der Waals surface area contributed by atoms with Gasteiger partial charge in [0.2, 0.25) is 10.0 Å². The molecule has 0 aliphatic heterocycles. The van der Waals surface area contributed by atoms with Gasteiger partial charge in [-0.15, -0.1) is 0 Å². The standard InChI is InChI=1S/C16H16N4O5S/c1-2-14-13-7-12(8-18-16(13)25-19-14)26(23,24)20(10-15(21)22)9-11-3-5-17-6-4-11/h3-8H,2,9-10H2,1H3,(H,21,22). The number of rotatable bonds is 7. The first-order valence-corrected chi connectivity index (χ1v) is 9.21. The third kappa shape index (κ3) is 3.55. The Kier molecular flexibility index (Phi) is 4.96. The Labute approximate surface area is 149 Å². The van der Waals surface area contributed by atoms with Gasteiger partial charge in [0.25, 0.3) is 5.71 Å². The van der Waals surface area contributed by atoms with Crippen LogP contribution in [0.5, 0.6) is 0 Å². The van der Waals surface area contributed by atoms with Gasteiger partial charge in [0.15, 0.2) is 0 Å². The van der Waals surface area contributed by atoms with E-state index in [1.165, 1.54) is 18.5 Å². The number of aryl methyl sites for hydroxylation is 1. The van der Waals surface area contributed by atoms with E-state index < -0.39 is 22.5 Å². The lowest BCUT2D eigenvalue weighted by Crippen LogP contribution is -2.35. The van der Waals surface area contributed by atoms with Gasteiger partial charge in [-0.2, -0.15) is 4.31 Å². The monoisotopic (exact) mass is 376 g/mol. The van der Waals surface area contributed by atoms with Gasteiger partial charge >= 0.3 is 5.97 Å². The van der Waals surface area contributed by atoms with Gasteiger partial charge in [-0.3, -0.25) is 9.78 Å². The number of nitrogens with zero attached hydrogens (tertiary/aromatic N) is 4. The van der Waals surface area contributed by atoms with Crippen molar-refractivity contribution in [2.24, 2.45) is 0 Å². The second kappa shape index (κ2) is 7.18. The van der Waals surface area contributed by atoms with Crippen LogP contribution in [0.3, 0.4) is 0 Å². The van der Waals surface area contributed by atoms with Crippen LogP contribution in [0.1, 0.15) is 18.2 Å². The van der Waals surface area contributed by atoms with Crippen LogP contribution in [-0.2, 0) is 27.8 Å². The van der Waals surface area contributed by atoms with E-state index >= 15 is 0 Å². The molecule has 0 aliphatic rings. The molecular weight excluding hydrogens is 360 g/mol. The molecule has 0 saturated carbocycles. The number of sulfonamides is 1. The molecule has 9 nitrogen and oxygen atoms in total. The molecule has 10 heteroatoms. The summed E-state index contributed by atoms with van der Waals surface area (Å²) in [5.74, 6) is -1.25. The third-order valence-corrected chi connectivity index (χ3v) is 5.53. The molecule has 3 rings (SSSR count). The number of hydrogen-bond donors (Lipinski definition) is 1. The molecule has 26 heavy (non-hydrogen) atoms. The average Bonchev–Trinajstić information content (AvgIpc) is 3.04. The highest BCUT2D eigenvalue weighted by Crippen LogP contribution is 2.24. The second-order valence-corrected chi connectivity index (χ2v) is 7.47. The van der Waals surface area contributed by atoms with Crippen LogP contribution in [0.15, 0.2) is 46.2 Å². The van der Waals surface area contributed by atoms with Gasteiger partial charge < -0.3 is 9.63 Å². The predicted molar refractivity (Wildman–Crippen MR) is 90.7 cm³/mol. The van der Waals surface area contributed by atoms with Crippen molar-refractivity contribution >= 4 is 27.1 Å². The fourth-order valence-corrected chi connectivity index (χ4v) is 3.82. The summed E-state index contributed by atoms with van der Waals surface area (Å²) in [6.45, 7) is 1.09.